The highest BCUT2D eigenvalue weighted by Gasteiger charge is 2.25. The first kappa shape index (κ1) is 22.6. The summed E-state index contributed by atoms with van der Waals surface area (Å²) in [7, 11) is 5.66. The van der Waals surface area contributed by atoms with Crippen LogP contribution in [0, 0.1) is 5.41 Å². The zero-order valence-corrected chi connectivity index (χ0v) is 19.5. The molecule has 0 aliphatic heterocycles. The van der Waals surface area contributed by atoms with E-state index >= 15 is 0 Å². The van der Waals surface area contributed by atoms with E-state index in [1.165, 1.54) is 34.8 Å². The van der Waals surface area contributed by atoms with Gasteiger partial charge in [-0.2, -0.15) is 0 Å². The van der Waals surface area contributed by atoms with E-state index in [1.54, 1.807) is 7.11 Å². The Morgan fingerprint density at radius 1 is 1.36 bits per heavy atom. The van der Waals surface area contributed by atoms with Crippen molar-refractivity contribution in [3.63, 3.8) is 0 Å². The van der Waals surface area contributed by atoms with Crippen LogP contribution in [0.5, 0.6) is 0 Å². The molecule has 7 heteroatoms. The summed E-state index contributed by atoms with van der Waals surface area (Å²) < 4.78 is 5.62. The highest BCUT2D eigenvalue weighted by Crippen LogP contribution is 2.27. The fourth-order valence-corrected chi connectivity index (χ4v) is 4.27. The number of fused-ring (bicyclic) bond motifs is 1. The third-order valence-corrected chi connectivity index (χ3v) is 5.67. The van der Waals surface area contributed by atoms with Gasteiger partial charge in [0, 0.05) is 32.6 Å². The normalized spacial score (nSPS) is 16.0. The summed E-state index contributed by atoms with van der Waals surface area (Å²) >= 11 is 1.86. The number of guanidine groups is 1. The Bertz CT molecular complexity index is 544. The highest BCUT2D eigenvalue weighted by atomic mass is 127. The molecule has 0 radical (unpaired) electrons. The van der Waals surface area contributed by atoms with Crippen molar-refractivity contribution in [2.45, 2.75) is 59.1 Å². The van der Waals surface area contributed by atoms with Crippen molar-refractivity contribution < 1.29 is 4.74 Å². The first-order valence-electron chi connectivity index (χ1n) is 8.77. The van der Waals surface area contributed by atoms with E-state index in [2.05, 4.69) is 43.0 Å². The van der Waals surface area contributed by atoms with Crippen LogP contribution < -0.4 is 5.32 Å². The van der Waals surface area contributed by atoms with E-state index in [9.17, 15) is 0 Å². The van der Waals surface area contributed by atoms with Crippen LogP contribution in [0.25, 0.3) is 0 Å². The average molecular weight is 480 g/mol. The van der Waals surface area contributed by atoms with Crippen LogP contribution >= 0.6 is 35.3 Å². The number of rotatable bonds is 5. The summed E-state index contributed by atoms with van der Waals surface area (Å²) in [6.45, 7) is 8.11. The van der Waals surface area contributed by atoms with Gasteiger partial charge in [0.15, 0.2) is 5.96 Å². The van der Waals surface area contributed by atoms with E-state index in [-0.39, 0.29) is 35.5 Å². The molecule has 1 aromatic rings. The molecule has 1 unspecified atom stereocenters. The summed E-state index contributed by atoms with van der Waals surface area (Å²) in [6.07, 6.45) is 5.06. The Morgan fingerprint density at radius 2 is 2.04 bits per heavy atom. The van der Waals surface area contributed by atoms with Gasteiger partial charge in [0.25, 0.3) is 0 Å². The number of aromatic nitrogens is 1. The highest BCUT2D eigenvalue weighted by molar-refractivity contribution is 14.0. The number of aryl methyl sites for hydroxylation is 2. The van der Waals surface area contributed by atoms with E-state index in [0.29, 0.717) is 0 Å². The van der Waals surface area contributed by atoms with Gasteiger partial charge < -0.3 is 15.0 Å². The summed E-state index contributed by atoms with van der Waals surface area (Å²) in [4.78, 5) is 12.9. The molecule has 0 saturated carbocycles. The molecule has 1 heterocycles. The van der Waals surface area contributed by atoms with Crippen LogP contribution in [0.2, 0.25) is 0 Å². The lowest BCUT2D eigenvalue weighted by atomic mass is 9.89. The van der Waals surface area contributed by atoms with Gasteiger partial charge >= 0.3 is 0 Å². The Labute approximate surface area is 173 Å². The van der Waals surface area contributed by atoms with Crippen molar-refractivity contribution in [2.24, 2.45) is 10.4 Å². The lowest BCUT2D eigenvalue weighted by Crippen LogP contribution is -2.45. The van der Waals surface area contributed by atoms with Crippen LogP contribution in [0.3, 0.4) is 0 Å². The second-order valence-electron chi connectivity index (χ2n) is 7.56. The maximum absolute atomic E-state index is 5.62. The van der Waals surface area contributed by atoms with Crippen LogP contribution in [-0.2, 0) is 24.1 Å². The molecule has 0 saturated heterocycles. The summed E-state index contributed by atoms with van der Waals surface area (Å²) in [5.74, 6) is 0.884. The van der Waals surface area contributed by atoms with E-state index in [4.69, 9.17) is 9.72 Å². The van der Waals surface area contributed by atoms with Gasteiger partial charge in [0.1, 0.15) is 5.01 Å². The monoisotopic (exact) mass is 480 g/mol. The minimum atomic E-state index is 0. The molecular formula is C18H33IN4OS. The maximum atomic E-state index is 5.62. The molecule has 25 heavy (non-hydrogen) atoms. The van der Waals surface area contributed by atoms with Crippen molar-refractivity contribution in [1.29, 1.82) is 0 Å². The zero-order valence-electron chi connectivity index (χ0n) is 16.4. The van der Waals surface area contributed by atoms with Crippen molar-refractivity contribution in [3.8, 4) is 0 Å². The molecule has 0 aromatic carbocycles. The summed E-state index contributed by atoms with van der Waals surface area (Å²) in [6, 6.07) is 0. The number of thiazole rings is 1. The number of halogens is 1. The predicted octanol–water partition coefficient (Wildman–Crippen LogP) is 3.71. The molecule has 0 fully saturated rings. The van der Waals surface area contributed by atoms with Gasteiger partial charge in [-0.15, -0.1) is 35.3 Å². The van der Waals surface area contributed by atoms with Crippen LogP contribution in [0.15, 0.2) is 4.99 Å². The lowest BCUT2D eigenvalue weighted by molar-refractivity contribution is 0.0202. The van der Waals surface area contributed by atoms with E-state index in [0.717, 1.165) is 25.5 Å². The number of aliphatic imine (C=N–C) groups is 1. The van der Waals surface area contributed by atoms with Crippen molar-refractivity contribution in [2.75, 3.05) is 27.7 Å². The molecule has 1 aliphatic carbocycles. The van der Waals surface area contributed by atoms with E-state index < -0.39 is 0 Å². The number of hydrogen-bond acceptors (Lipinski definition) is 4. The topological polar surface area (TPSA) is 49.8 Å². The van der Waals surface area contributed by atoms with Crippen molar-refractivity contribution in [1.82, 2.24) is 15.2 Å². The largest absolute Gasteiger partial charge is 0.379 e. The number of nitrogens with zero attached hydrogens (tertiary/aromatic N) is 3. The second-order valence-corrected chi connectivity index (χ2v) is 8.73. The average Bonchev–Trinajstić information content (AvgIpc) is 2.92. The van der Waals surface area contributed by atoms with Crippen LogP contribution in [0.4, 0.5) is 0 Å². The van der Waals surface area contributed by atoms with Crippen molar-refractivity contribution in [3.05, 3.63) is 15.6 Å². The number of ether oxygens (including phenoxy) is 1. The maximum Gasteiger partial charge on any atom is 0.193 e. The smallest absolute Gasteiger partial charge is 0.193 e. The second kappa shape index (κ2) is 10.1. The molecule has 144 valence electrons. The van der Waals surface area contributed by atoms with E-state index in [1.807, 2.05) is 18.4 Å². The molecule has 2 rings (SSSR count). The minimum Gasteiger partial charge on any atom is -0.379 e. The molecule has 1 atom stereocenters. The quantitative estimate of drug-likeness (QED) is 0.397. The molecule has 1 aliphatic rings. The summed E-state index contributed by atoms with van der Waals surface area (Å²) in [5, 5.41) is 4.62. The lowest BCUT2D eigenvalue weighted by Gasteiger charge is -2.31. The molecular weight excluding hydrogens is 447 g/mol. The fraction of sp³-hybridized carbons (Fsp3) is 0.778. The molecule has 5 nitrogen and oxygen atoms in total. The Hall–Kier alpha value is -0.410. The Morgan fingerprint density at radius 3 is 2.60 bits per heavy atom. The zero-order chi connectivity index (χ0) is 17.7. The van der Waals surface area contributed by atoms with Crippen LogP contribution in [-0.4, -0.2) is 49.7 Å². The third-order valence-electron chi connectivity index (χ3n) is 4.53. The van der Waals surface area contributed by atoms with Gasteiger partial charge in [0.05, 0.1) is 18.3 Å². The van der Waals surface area contributed by atoms with Crippen molar-refractivity contribution >= 4 is 41.3 Å². The van der Waals surface area contributed by atoms with Gasteiger partial charge in [0.2, 0.25) is 0 Å². The standard InChI is InChI=1S/C18H32N4OS.HI/c1-18(2,3)15(23-6)11-20-17(19-4)22(5)12-16-21-13-9-7-8-10-14(13)24-16;/h15H,7-12H2,1-6H3,(H,19,20);1H. The van der Waals surface area contributed by atoms with Crippen LogP contribution in [0.1, 0.15) is 49.2 Å². The van der Waals surface area contributed by atoms with Gasteiger partial charge in [-0.25, -0.2) is 4.98 Å². The van der Waals surface area contributed by atoms with Gasteiger partial charge in [-0.1, -0.05) is 20.8 Å². The molecule has 0 spiro atoms. The van der Waals surface area contributed by atoms with Gasteiger partial charge in [-0.3, -0.25) is 4.99 Å². The Balaban J connectivity index is 0.00000312. The predicted molar refractivity (Wildman–Crippen MR) is 117 cm³/mol. The number of nitrogens with one attached hydrogen (secondary N) is 1. The SMILES string of the molecule is CN=C(NCC(OC)C(C)(C)C)N(C)Cc1nc2c(s1)CCCC2.I. The molecule has 0 bridgehead atoms. The third kappa shape index (κ3) is 6.36. The minimum absolute atomic E-state index is 0. The summed E-state index contributed by atoms with van der Waals surface area (Å²) in [5.41, 5.74) is 1.41. The Kier molecular flexibility index (Phi) is 9.11. The molecule has 1 N–H and O–H groups in total. The first-order chi connectivity index (χ1) is 11.3. The van der Waals surface area contributed by atoms with Gasteiger partial charge in [-0.05, 0) is 31.1 Å². The first-order valence-corrected chi connectivity index (χ1v) is 9.58. The molecule has 0 amide bonds. The molecule has 1 aromatic heterocycles. The number of methoxy groups -OCH3 is 1. The number of hydrogen-bond donors (Lipinski definition) is 1. The fourth-order valence-electron chi connectivity index (χ4n) is 3.06.